The number of hydrogen-bond acceptors (Lipinski definition) is 5. The van der Waals surface area contributed by atoms with E-state index in [0.717, 1.165) is 16.0 Å². The smallest absolute Gasteiger partial charge is 0.271 e. The van der Waals surface area contributed by atoms with Crippen LogP contribution in [0.4, 0.5) is 11.4 Å². The Bertz CT molecular complexity index is 2130. The number of aryl methyl sites for hydroxylation is 1. The van der Waals surface area contributed by atoms with Gasteiger partial charge in [-0.25, -0.2) is 4.90 Å². The highest BCUT2D eigenvalue weighted by Crippen LogP contribution is 2.74. The van der Waals surface area contributed by atoms with Crippen molar-refractivity contribution in [3.63, 3.8) is 0 Å². The summed E-state index contributed by atoms with van der Waals surface area (Å²) in [6, 6.07) is 36.8. The lowest BCUT2D eigenvalue weighted by Crippen LogP contribution is -2.45. The van der Waals surface area contributed by atoms with Gasteiger partial charge in [0.25, 0.3) is 5.69 Å². The Morgan fingerprint density at radius 1 is 0.633 bits per heavy atom. The van der Waals surface area contributed by atoms with Crippen LogP contribution in [0.25, 0.3) is 11.1 Å². The van der Waals surface area contributed by atoms with Gasteiger partial charge in [0.05, 0.1) is 33.3 Å². The number of carbonyl (C=O) groups is 3. The van der Waals surface area contributed by atoms with Crippen LogP contribution in [0.5, 0.6) is 0 Å². The number of amides is 2. The number of Topliss-reactive ketones (excluding diaryl/α,β-unsaturated/α-hetero) is 1. The predicted octanol–water partition coefficient (Wildman–Crippen LogP) is 8.40. The molecule has 0 N–H and O–H groups in total. The van der Waals surface area contributed by atoms with E-state index in [0.29, 0.717) is 37.9 Å². The molecule has 2 amide bonds. The molecular weight excluding hydrogens is 659 g/mol. The van der Waals surface area contributed by atoms with Crippen molar-refractivity contribution in [1.82, 2.24) is 0 Å². The minimum Gasteiger partial charge on any atom is -0.297 e. The molecule has 0 spiro atoms. The van der Waals surface area contributed by atoms with Gasteiger partial charge < -0.3 is 0 Å². The van der Waals surface area contributed by atoms with Crippen LogP contribution in [0.3, 0.4) is 0 Å². The van der Waals surface area contributed by atoms with Gasteiger partial charge in [-0.3, -0.25) is 24.5 Å². The molecule has 8 rings (SSSR count). The third-order valence-corrected chi connectivity index (χ3v) is 10.9. The zero-order valence-electron chi connectivity index (χ0n) is 26.0. The molecule has 0 radical (unpaired) electrons. The molecule has 1 saturated carbocycles. The minimum absolute atomic E-state index is 0.116. The lowest BCUT2D eigenvalue weighted by Gasteiger charge is -2.39. The van der Waals surface area contributed by atoms with Crippen LogP contribution in [0.1, 0.15) is 27.8 Å². The number of nitro groups is 1. The summed E-state index contributed by atoms with van der Waals surface area (Å²) in [6.45, 7) is 1.69. The number of ketones is 1. The maximum atomic E-state index is 16.0. The number of fused-ring (bicyclic) bond motifs is 5. The number of hydrogen-bond donors (Lipinski definition) is 0. The van der Waals surface area contributed by atoms with E-state index in [1.54, 1.807) is 55.5 Å². The molecule has 49 heavy (non-hydrogen) atoms. The minimum atomic E-state index is -1.64. The molecule has 2 bridgehead atoms. The second-order valence-corrected chi connectivity index (χ2v) is 13.5. The number of allylic oxidation sites excluding steroid dienone is 2. The average Bonchev–Trinajstić information content (AvgIpc) is 3.61. The average molecular weight is 686 g/mol. The molecule has 240 valence electrons. The highest BCUT2D eigenvalue weighted by molar-refractivity contribution is 6.39. The second-order valence-electron chi connectivity index (χ2n) is 12.6. The SMILES string of the molecule is Cc1ccc([N+](=O)[O-])cc1N1C(=O)[C@@H]2[C@H](C1=O)[C@@]1(c3ccc(Cl)cc3)C(=O)[C@@]2(c2ccc(Cl)cc2)C(c2ccccc2)=C1c1ccccc1. The Kier molecular flexibility index (Phi) is 7.00. The Hall–Kier alpha value is -5.37. The summed E-state index contributed by atoms with van der Waals surface area (Å²) >= 11 is 12.8. The molecule has 2 fully saturated rings. The lowest BCUT2D eigenvalue weighted by molar-refractivity contribution is -0.384. The fraction of sp³-hybridized carbons (Fsp3) is 0.125. The van der Waals surface area contributed by atoms with E-state index in [2.05, 4.69) is 0 Å². The number of anilines is 1. The highest BCUT2D eigenvalue weighted by Gasteiger charge is 2.82. The van der Waals surface area contributed by atoms with Crippen molar-refractivity contribution in [1.29, 1.82) is 0 Å². The fourth-order valence-electron chi connectivity index (χ4n) is 8.55. The van der Waals surface area contributed by atoms with E-state index >= 15 is 14.4 Å². The van der Waals surface area contributed by atoms with Crippen molar-refractivity contribution < 1.29 is 19.3 Å². The summed E-state index contributed by atoms with van der Waals surface area (Å²) in [5.41, 5.74) is 0.834. The van der Waals surface area contributed by atoms with Gasteiger partial charge in [-0.1, -0.05) is 114 Å². The van der Waals surface area contributed by atoms with Crippen molar-refractivity contribution >= 4 is 63.3 Å². The zero-order valence-corrected chi connectivity index (χ0v) is 27.5. The van der Waals surface area contributed by atoms with Gasteiger partial charge in [0.1, 0.15) is 0 Å². The van der Waals surface area contributed by atoms with E-state index < -0.39 is 39.4 Å². The Morgan fingerprint density at radius 2 is 1.06 bits per heavy atom. The van der Waals surface area contributed by atoms with Crippen LogP contribution in [0, 0.1) is 28.9 Å². The first kappa shape index (κ1) is 30.9. The normalized spacial score (nSPS) is 24.1. The summed E-state index contributed by atoms with van der Waals surface area (Å²) in [4.78, 5) is 58.7. The largest absolute Gasteiger partial charge is 0.297 e. The zero-order chi connectivity index (χ0) is 34.2. The molecular formula is C40H26Cl2N2O5. The molecule has 1 heterocycles. The molecule has 2 aliphatic carbocycles. The topological polar surface area (TPSA) is 97.6 Å². The first-order chi connectivity index (χ1) is 23.6. The van der Waals surface area contributed by atoms with Gasteiger partial charge in [0.15, 0.2) is 5.78 Å². The van der Waals surface area contributed by atoms with Gasteiger partial charge in [0, 0.05) is 22.2 Å². The van der Waals surface area contributed by atoms with Crippen LogP contribution in [0.15, 0.2) is 127 Å². The molecule has 0 unspecified atom stereocenters. The van der Waals surface area contributed by atoms with Crippen LogP contribution in [0.2, 0.25) is 10.0 Å². The molecule has 4 atom stereocenters. The third-order valence-electron chi connectivity index (χ3n) is 10.4. The van der Waals surface area contributed by atoms with Gasteiger partial charge in [-0.2, -0.15) is 0 Å². The van der Waals surface area contributed by atoms with E-state index in [9.17, 15) is 10.1 Å². The molecule has 3 aliphatic rings. The molecule has 5 aromatic rings. The second kappa shape index (κ2) is 11.1. The molecule has 5 aromatic carbocycles. The molecule has 7 nitrogen and oxygen atoms in total. The van der Waals surface area contributed by atoms with Crippen LogP contribution < -0.4 is 4.90 Å². The number of nitrogens with zero attached hydrogens (tertiary/aromatic N) is 2. The quantitative estimate of drug-likeness (QED) is 0.102. The number of non-ortho nitro benzene ring substituents is 1. The van der Waals surface area contributed by atoms with Crippen LogP contribution in [-0.4, -0.2) is 22.5 Å². The predicted molar refractivity (Wildman–Crippen MR) is 188 cm³/mol. The van der Waals surface area contributed by atoms with E-state index in [1.165, 1.54) is 18.2 Å². The summed E-state index contributed by atoms with van der Waals surface area (Å²) in [5, 5.41) is 12.8. The fourth-order valence-corrected chi connectivity index (χ4v) is 8.80. The van der Waals surface area contributed by atoms with Crippen molar-refractivity contribution in [2.75, 3.05) is 4.90 Å². The van der Waals surface area contributed by atoms with Crippen LogP contribution >= 0.6 is 23.2 Å². The van der Waals surface area contributed by atoms with Crippen molar-refractivity contribution in [2.24, 2.45) is 11.8 Å². The van der Waals surface area contributed by atoms with Crippen molar-refractivity contribution in [3.8, 4) is 0 Å². The lowest BCUT2D eigenvalue weighted by atomic mass is 9.59. The number of benzene rings is 5. The van der Waals surface area contributed by atoms with Crippen molar-refractivity contribution in [2.45, 2.75) is 17.8 Å². The maximum Gasteiger partial charge on any atom is 0.271 e. The number of carbonyl (C=O) groups excluding carboxylic acids is 3. The highest BCUT2D eigenvalue weighted by atomic mass is 35.5. The number of imide groups is 1. The summed E-state index contributed by atoms with van der Waals surface area (Å²) in [5.74, 6) is -3.87. The maximum absolute atomic E-state index is 16.0. The Labute approximate surface area is 291 Å². The van der Waals surface area contributed by atoms with Gasteiger partial charge in [-0.15, -0.1) is 0 Å². The van der Waals surface area contributed by atoms with E-state index in [-0.39, 0.29) is 17.2 Å². The molecule has 9 heteroatoms. The van der Waals surface area contributed by atoms with Gasteiger partial charge >= 0.3 is 0 Å². The Morgan fingerprint density at radius 3 is 1.47 bits per heavy atom. The van der Waals surface area contributed by atoms with Crippen LogP contribution in [-0.2, 0) is 25.2 Å². The third kappa shape index (κ3) is 4.06. The standard InChI is InChI=1S/C40H26Cl2N2O5/c1-23-12-21-30(44(48)49)22-31(23)43-36(45)34-35(37(43)46)40(27-15-19-29(42)20-16-27)33(25-10-6-3-7-11-25)32(24-8-4-2-5-9-24)39(34,38(40)47)26-13-17-28(41)18-14-26/h2-22,34-35H,1H3/t34-,35+,39-,40-/m0/s1. The first-order valence-corrected chi connectivity index (χ1v) is 16.4. The summed E-state index contributed by atoms with van der Waals surface area (Å²) < 4.78 is 0. The number of nitro benzene ring substituents is 1. The number of halogens is 2. The Balaban J connectivity index is 1.55. The number of rotatable bonds is 6. The van der Waals surface area contributed by atoms with Gasteiger partial charge in [-0.05, 0) is 70.2 Å². The molecule has 1 aliphatic heterocycles. The monoisotopic (exact) mass is 684 g/mol. The van der Waals surface area contributed by atoms with Crippen molar-refractivity contribution in [3.05, 3.63) is 175 Å². The molecule has 1 saturated heterocycles. The van der Waals surface area contributed by atoms with E-state index in [1.807, 2.05) is 60.7 Å². The molecule has 0 aromatic heterocycles. The summed E-state index contributed by atoms with van der Waals surface area (Å²) in [6.07, 6.45) is 0. The van der Waals surface area contributed by atoms with Gasteiger partial charge in [0.2, 0.25) is 11.8 Å². The summed E-state index contributed by atoms with van der Waals surface area (Å²) in [7, 11) is 0. The first-order valence-electron chi connectivity index (χ1n) is 15.7. The van der Waals surface area contributed by atoms with E-state index in [4.69, 9.17) is 23.2 Å².